The van der Waals surface area contributed by atoms with Crippen molar-refractivity contribution in [2.24, 2.45) is 0 Å². The standard InChI is InChI=1S/C32H28Cl2F3N7O2.C32H28ClF4N7O2.C31H26Cl2F3N7O2/c1-6-20(45)43-10-9-42(13-16(43)5)30-17-11-19(33)28(21-23(35)25(37)24(36)22(34)26(21)39)41-31(17)44(32(46)18(30)12-38)29-15(4)7-8-40-27(29)14(2)3;1-6-20(45)43-10-9-42(13-16(43)5)30-17-11-19(33)28(21-22(34)24(36)25(37)26(39)23(21)35)41-31(17)44(32(46)18(30)12-38)29-15(4)7-8-40-27(29)14(2)3;1-5-19(44)41-8-10-42(11-9-41)29-16-12-18(32)27(20-22(34)24(36)23(35)21(33)25(20)38)40-30(16)43(31(45)17(29)13-37)28-15(4)6-7-39-26(28)14(2)3/h2*6-8,11,14,16H,1,9-10,13,39H2,2-5H3;5-7,12,14H,1,8-11,38H2,2-4H3/t2*16-;/m11./s1. The van der Waals surface area contributed by atoms with E-state index >= 15 is 17.6 Å². The first-order chi connectivity index (χ1) is 64.8. The van der Waals surface area contributed by atoms with Crippen LogP contribution in [0.25, 0.3) is 83.9 Å². The number of carbonyl (C=O) groups excluding carboxylic acids is 3. The van der Waals surface area contributed by atoms with Crippen molar-refractivity contribution in [1.82, 2.24) is 58.3 Å². The molecule has 708 valence electrons. The summed E-state index contributed by atoms with van der Waals surface area (Å²) in [6.45, 7) is 33.0. The van der Waals surface area contributed by atoms with Crippen LogP contribution in [0.2, 0.25) is 25.1 Å². The summed E-state index contributed by atoms with van der Waals surface area (Å²) in [7, 11) is 0. The number of nitrogens with two attached hydrogens (primary N) is 3. The van der Waals surface area contributed by atoms with Crippen LogP contribution in [-0.2, 0) is 14.4 Å². The maximum atomic E-state index is 15.3. The molecule has 3 amide bonds. The Morgan fingerprint density at radius 1 is 0.409 bits per heavy atom. The normalized spacial score (nSPS) is 14.5. The van der Waals surface area contributed by atoms with Gasteiger partial charge in [0, 0.05) is 112 Å². The molecule has 0 unspecified atom stereocenters. The fraction of sp³-hybridized carbons (Fsp3) is 0.274. The Kier molecular flexibility index (Phi) is 29.0. The van der Waals surface area contributed by atoms with Gasteiger partial charge in [0.2, 0.25) is 17.7 Å². The van der Waals surface area contributed by atoms with Gasteiger partial charge in [-0.1, -0.05) is 119 Å². The van der Waals surface area contributed by atoms with Crippen molar-refractivity contribution in [3.05, 3.63) is 258 Å². The molecule has 0 saturated carbocycles. The highest BCUT2D eigenvalue weighted by Crippen LogP contribution is 2.48. The summed E-state index contributed by atoms with van der Waals surface area (Å²) >= 11 is 31.7. The first kappa shape index (κ1) is 100. The van der Waals surface area contributed by atoms with Crippen LogP contribution in [0.5, 0.6) is 0 Å². The summed E-state index contributed by atoms with van der Waals surface area (Å²) in [5, 5.41) is 29.2. The number of hydrogen-bond donors (Lipinski definition) is 3. The number of amides is 3. The van der Waals surface area contributed by atoms with Crippen LogP contribution in [0, 0.1) is 113 Å². The van der Waals surface area contributed by atoms with Gasteiger partial charge >= 0.3 is 0 Å². The van der Waals surface area contributed by atoms with Gasteiger partial charge in [-0.3, -0.25) is 57.4 Å². The number of rotatable bonds is 15. The van der Waals surface area contributed by atoms with Crippen LogP contribution < -0.4 is 48.6 Å². The lowest BCUT2D eigenvalue weighted by atomic mass is 10.0. The van der Waals surface area contributed by atoms with Crippen molar-refractivity contribution in [3.8, 4) is 69.0 Å². The van der Waals surface area contributed by atoms with E-state index in [1.54, 1.807) is 93.9 Å². The number of nitriles is 3. The van der Waals surface area contributed by atoms with Crippen LogP contribution in [-0.4, -0.2) is 154 Å². The number of carbonyl (C=O) groups is 3. The van der Waals surface area contributed by atoms with Crippen LogP contribution >= 0.6 is 58.0 Å². The van der Waals surface area contributed by atoms with E-state index in [1.807, 2.05) is 66.7 Å². The summed E-state index contributed by atoms with van der Waals surface area (Å²) in [6.07, 6.45) is 8.33. The molecule has 0 radical (unpaired) electrons. The third-order valence-corrected chi connectivity index (χ3v) is 25.4. The first-order valence-corrected chi connectivity index (χ1v) is 44.0. The zero-order valence-corrected chi connectivity index (χ0v) is 78.7. The Hall–Kier alpha value is -14.2. The topological polar surface area (TPSA) is 363 Å². The molecule has 9 aromatic heterocycles. The molecule has 3 saturated heterocycles. The van der Waals surface area contributed by atoms with E-state index in [9.17, 15) is 70.9 Å². The molecule has 3 aliphatic rings. The minimum atomic E-state index is -2.03. The number of aryl methyl sites for hydroxylation is 3. The number of nitrogens with zero attached hydrogens (tertiary/aromatic N) is 18. The number of fused-ring (bicyclic) bond motifs is 3. The number of piperazine rings is 3. The van der Waals surface area contributed by atoms with Crippen molar-refractivity contribution >= 4 is 143 Å². The molecule has 3 aliphatic heterocycles. The monoisotopic (exact) mass is 1980 g/mol. The highest BCUT2D eigenvalue weighted by Gasteiger charge is 2.40. The summed E-state index contributed by atoms with van der Waals surface area (Å²) in [5.74, 6) is -19.4. The van der Waals surface area contributed by atoms with Crippen molar-refractivity contribution in [2.75, 3.05) is 97.3 Å². The average molecular weight is 1980 g/mol. The molecule has 42 heteroatoms. The minimum absolute atomic E-state index is 0.0735. The number of nitrogen functional groups attached to an aromatic ring is 3. The van der Waals surface area contributed by atoms with Crippen molar-refractivity contribution < 1.29 is 58.3 Å². The van der Waals surface area contributed by atoms with Crippen molar-refractivity contribution in [2.45, 2.75) is 106 Å². The molecule has 137 heavy (non-hydrogen) atoms. The first-order valence-electron chi connectivity index (χ1n) is 42.2. The lowest BCUT2D eigenvalue weighted by Gasteiger charge is -2.41. The van der Waals surface area contributed by atoms with Crippen LogP contribution in [0.15, 0.2) is 107 Å². The maximum Gasteiger partial charge on any atom is 0.276 e. The zero-order valence-electron chi connectivity index (χ0n) is 74.9. The van der Waals surface area contributed by atoms with Gasteiger partial charge in [0.1, 0.15) is 67.6 Å². The quantitative estimate of drug-likeness (QED) is 0.0282. The lowest BCUT2D eigenvalue weighted by Crippen LogP contribution is -2.54. The van der Waals surface area contributed by atoms with E-state index in [0.29, 0.717) is 45.1 Å². The average Bonchev–Trinajstić information content (AvgIpc) is 0.727. The Bertz CT molecular complexity index is 7140. The van der Waals surface area contributed by atoms with Gasteiger partial charge in [-0.25, -0.2) is 58.9 Å². The number of anilines is 6. The van der Waals surface area contributed by atoms with Gasteiger partial charge < -0.3 is 46.6 Å². The van der Waals surface area contributed by atoms with Gasteiger partial charge in [-0.05, 0) is 124 Å². The van der Waals surface area contributed by atoms with Crippen LogP contribution in [0.4, 0.5) is 78.0 Å². The second kappa shape index (κ2) is 39.6. The molecular formula is C95H82Cl5F10N21O6. The summed E-state index contributed by atoms with van der Waals surface area (Å²) in [5.41, 5.74) is 12.2. The Morgan fingerprint density at radius 2 is 0.701 bits per heavy atom. The Morgan fingerprint density at radius 3 is 1.00 bits per heavy atom. The smallest absolute Gasteiger partial charge is 0.276 e. The second-order valence-corrected chi connectivity index (χ2v) is 35.2. The third-order valence-electron chi connectivity index (χ3n) is 23.8. The Balaban J connectivity index is 0.000000174. The molecule has 12 aromatic rings. The van der Waals surface area contributed by atoms with E-state index in [4.69, 9.17) is 75.2 Å². The SMILES string of the molecule is C=CC(=O)N1CCN(c2c(C#N)c(=O)n(-c3c(C)ccnc3C(C)C)c3nc(-c4c(F)c(N)c(F)c(F)c4F)c(Cl)cc23)C[C@H]1C.C=CC(=O)N1CCN(c2c(C#N)c(=O)n(-c3c(C)ccnc3C(C)C)c3nc(-c4c(N)c(Cl)c(F)c(F)c4F)c(Cl)cc23)CC1.C=CC(=O)N1CCN(c2c(C#N)c(=O)n(-c3c(C)ccnc3C(C)C)c3nc(-c4c(N)c(Cl)c(F)c(F)c4F)c(Cl)cc23)C[C@H]1C. The van der Waals surface area contributed by atoms with E-state index in [2.05, 4.69) is 49.6 Å². The van der Waals surface area contributed by atoms with Gasteiger partial charge in [0.25, 0.3) is 16.7 Å². The van der Waals surface area contributed by atoms with Crippen molar-refractivity contribution in [1.29, 1.82) is 15.8 Å². The van der Waals surface area contributed by atoms with E-state index in [0.717, 1.165) is 4.57 Å². The number of halogens is 15. The number of benzene rings is 3. The molecule has 2 atom stereocenters. The van der Waals surface area contributed by atoms with Gasteiger partial charge in [-0.2, -0.15) is 15.8 Å². The highest BCUT2D eigenvalue weighted by molar-refractivity contribution is 6.37. The summed E-state index contributed by atoms with van der Waals surface area (Å²) < 4.78 is 151. The number of pyridine rings is 9. The van der Waals surface area contributed by atoms with Gasteiger partial charge in [-0.15, -0.1) is 0 Å². The molecule has 0 spiro atoms. The highest BCUT2D eigenvalue weighted by atomic mass is 35.5. The predicted molar refractivity (Wildman–Crippen MR) is 506 cm³/mol. The molecule has 12 heterocycles. The molecule has 0 bridgehead atoms. The molecule has 3 fully saturated rings. The summed E-state index contributed by atoms with van der Waals surface area (Å²) in [4.78, 5) is 117. The fourth-order valence-corrected chi connectivity index (χ4v) is 18.3. The molecule has 0 aliphatic carbocycles. The molecule has 6 N–H and O–H groups in total. The number of aromatic nitrogens is 9. The van der Waals surface area contributed by atoms with Crippen LogP contribution in [0.3, 0.4) is 0 Å². The van der Waals surface area contributed by atoms with E-state index < -0.39 is 141 Å². The summed E-state index contributed by atoms with van der Waals surface area (Å²) in [6, 6.07) is 14.4. The number of hydrogen-bond acceptors (Lipinski definition) is 21. The second-order valence-electron chi connectivity index (χ2n) is 33.3. The zero-order chi connectivity index (χ0) is 100. The van der Waals surface area contributed by atoms with Crippen LogP contribution in [0.1, 0.15) is 124 Å². The largest absolute Gasteiger partial charge is 0.397 e. The molecular weight excluding hydrogens is 1900 g/mol. The third kappa shape index (κ3) is 17.5. The van der Waals surface area contributed by atoms with E-state index in [1.165, 1.54) is 45.6 Å². The predicted octanol–water partition coefficient (Wildman–Crippen LogP) is 17.9. The van der Waals surface area contributed by atoms with E-state index in [-0.39, 0.29) is 196 Å². The van der Waals surface area contributed by atoms with Gasteiger partial charge in [0.15, 0.2) is 58.2 Å². The van der Waals surface area contributed by atoms with Gasteiger partial charge in [0.05, 0.1) is 111 Å². The lowest BCUT2D eigenvalue weighted by molar-refractivity contribution is -0.129. The molecule has 15 rings (SSSR count). The van der Waals surface area contributed by atoms with Crippen molar-refractivity contribution in [3.63, 3.8) is 0 Å². The minimum Gasteiger partial charge on any atom is -0.397 e. The molecule has 27 nitrogen and oxygen atoms in total. The molecule has 3 aromatic carbocycles. The Labute approximate surface area is 800 Å². The maximum absolute atomic E-state index is 15.3. The fourth-order valence-electron chi connectivity index (χ4n) is 17.2.